The molecule has 3 rings (SSSR count). The van der Waals surface area contributed by atoms with E-state index in [9.17, 15) is 9.59 Å². The molecule has 9 heteroatoms. The second-order valence-corrected chi connectivity index (χ2v) is 6.76. The zero-order chi connectivity index (χ0) is 21.3. The van der Waals surface area contributed by atoms with E-state index in [4.69, 9.17) is 16.3 Å². The van der Waals surface area contributed by atoms with E-state index in [0.717, 1.165) is 5.56 Å². The minimum Gasteiger partial charge on any atom is -0.438 e. The van der Waals surface area contributed by atoms with Crippen LogP contribution in [0, 0.1) is 0 Å². The van der Waals surface area contributed by atoms with Crippen molar-refractivity contribution < 1.29 is 9.53 Å². The molecule has 0 saturated heterocycles. The fourth-order valence-electron chi connectivity index (χ4n) is 2.64. The number of aromatic nitrogens is 3. The van der Waals surface area contributed by atoms with Gasteiger partial charge >= 0.3 is 5.97 Å². The average molecular weight is 461 g/mol. The Morgan fingerprint density at radius 2 is 2.00 bits per heavy atom. The Hall–Kier alpha value is -3.16. The van der Waals surface area contributed by atoms with Crippen LogP contribution in [0.5, 0.6) is 0 Å². The van der Waals surface area contributed by atoms with Crippen molar-refractivity contribution >= 4 is 41.7 Å². The molecule has 1 N–H and O–H groups in total. The predicted molar refractivity (Wildman–Crippen MR) is 124 cm³/mol. The molecule has 1 unspecified atom stereocenters. The first kappa shape index (κ1) is 24.1. The average Bonchev–Trinajstić information content (AvgIpc) is 2.78. The molecule has 0 aliphatic rings. The van der Waals surface area contributed by atoms with E-state index in [2.05, 4.69) is 15.4 Å². The number of ether oxygens (including phenoxy) is 1. The zero-order valence-corrected chi connectivity index (χ0v) is 18.3. The molecule has 0 radical (unpaired) electrons. The van der Waals surface area contributed by atoms with Gasteiger partial charge in [0.2, 0.25) is 0 Å². The van der Waals surface area contributed by atoms with Gasteiger partial charge in [0.25, 0.3) is 5.56 Å². The number of halogens is 2. The summed E-state index contributed by atoms with van der Waals surface area (Å²) in [6.45, 7) is 2.09. The van der Waals surface area contributed by atoms with Crippen molar-refractivity contribution in [3.63, 3.8) is 0 Å². The first-order valence-electron chi connectivity index (χ1n) is 9.43. The summed E-state index contributed by atoms with van der Waals surface area (Å²) in [6, 6.07) is 13.0. The Balaban J connectivity index is 0.00000341. The highest BCUT2D eigenvalue weighted by Crippen LogP contribution is 2.18. The Morgan fingerprint density at radius 3 is 2.68 bits per heavy atom. The molecule has 1 aromatic carbocycles. The number of pyridine rings is 1. The molecule has 0 fully saturated rings. The second kappa shape index (κ2) is 11.9. The predicted octanol–water partition coefficient (Wildman–Crippen LogP) is 4.43. The highest BCUT2D eigenvalue weighted by Gasteiger charge is 2.18. The molecule has 0 aliphatic heterocycles. The van der Waals surface area contributed by atoms with E-state index >= 15 is 0 Å². The van der Waals surface area contributed by atoms with Gasteiger partial charge in [-0.1, -0.05) is 61.0 Å². The number of carbonyl (C=O) groups excluding carboxylic acids is 1. The number of esters is 1. The number of hydrogen-bond acceptors (Lipinski definition) is 6. The fraction of sp³-hybridized carbons (Fsp3) is 0.182. The van der Waals surface area contributed by atoms with Crippen molar-refractivity contribution in [3.8, 4) is 0 Å². The maximum Gasteiger partial charge on any atom is 0.341 e. The number of rotatable bonds is 8. The summed E-state index contributed by atoms with van der Waals surface area (Å²) < 4.78 is 6.73. The summed E-state index contributed by atoms with van der Waals surface area (Å²) in [4.78, 5) is 29.0. The van der Waals surface area contributed by atoms with E-state index in [0.29, 0.717) is 12.0 Å². The lowest BCUT2D eigenvalue weighted by Crippen LogP contribution is -2.32. The molecule has 0 spiro atoms. The van der Waals surface area contributed by atoms with Crippen molar-refractivity contribution in [2.45, 2.75) is 26.1 Å². The molecule has 0 aliphatic carbocycles. The molecule has 0 amide bonds. The number of hydrogen-bond donors (Lipinski definition) is 1. The van der Waals surface area contributed by atoms with E-state index < -0.39 is 17.8 Å². The highest BCUT2D eigenvalue weighted by molar-refractivity contribution is 6.33. The maximum atomic E-state index is 12.8. The first-order valence-corrected chi connectivity index (χ1v) is 9.81. The number of nitrogens with one attached hydrogen (secondary N) is 1. The summed E-state index contributed by atoms with van der Waals surface area (Å²) in [5, 5.41) is 7.15. The molecule has 2 aromatic heterocycles. The minimum absolute atomic E-state index is 0. The molecule has 2 heterocycles. The van der Waals surface area contributed by atoms with Crippen LogP contribution < -0.4 is 10.9 Å². The van der Waals surface area contributed by atoms with Crippen LogP contribution in [0.15, 0.2) is 71.9 Å². The van der Waals surface area contributed by atoms with Gasteiger partial charge in [0.15, 0.2) is 6.23 Å². The molecule has 3 aromatic rings. The monoisotopic (exact) mass is 460 g/mol. The summed E-state index contributed by atoms with van der Waals surface area (Å²) >= 11 is 6.18. The minimum atomic E-state index is -0.737. The van der Waals surface area contributed by atoms with Crippen LogP contribution in [-0.2, 0) is 11.3 Å². The van der Waals surface area contributed by atoms with Crippen molar-refractivity contribution in [1.29, 1.82) is 0 Å². The summed E-state index contributed by atoms with van der Waals surface area (Å²) in [5.41, 5.74) is 1.06. The van der Waals surface area contributed by atoms with Crippen LogP contribution >= 0.6 is 24.0 Å². The number of allylic oxidation sites excluding steroid dienone is 1. The van der Waals surface area contributed by atoms with E-state index in [-0.39, 0.29) is 29.7 Å². The number of nitrogens with zero attached hydrogens (tertiary/aromatic N) is 3. The van der Waals surface area contributed by atoms with Crippen LogP contribution in [0.2, 0.25) is 5.02 Å². The third-order valence-electron chi connectivity index (χ3n) is 4.21. The zero-order valence-electron chi connectivity index (χ0n) is 16.8. The van der Waals surface area contributed by atoms with E-state index in [1.807, 2.05) is 49.4 Å². The van der Waals surface area contributed by atoms with Crippen LogP contribution in [0.25, 0.3) is 6.08 Å². The molecule has 0 saturated carbocycles. The lowest BCUT2D eigenvalue weighted by Gasteiger charge is -2.19. The lowest BCUT2D eigenvalue weighted by molar-refractivity contribution is 0.0352. The third-order valence-corrected chi connectivity index (χ3v) is 4.50. The van der Waals surface area contributed by atoms with Crippen LogP contribution in [0.1, 0.15) is 29.3 Å². The van der Waals surface area contributed by atoms with Crippen LogP contribution in [0.4, 0.5) is 5.69 Å². The third kappa shape index (κ3) is 6.67. The van der Waals surface area contributed by atoms with Crippen LogP contribution in [0.3, 0.4) is 0 Å². The van der Waals surface area contributed by atoms with Crippen molar-refractivity contribution in [2.24, 2.45) is 0 Å². The molecule has 31 heavy (non-hydrogen) atoms. The number of carbonyl (C=O) groups is 1. The van der Waals surface area contributed by atoms with Gasteiger partial charge in [0, 0.05) is 18.8 Å². The van der Waals surface area contributed by atoms with Gasteiger partial charge in [-0.2, -0.15) is 5.10 Å². The summed E-state index contributed by atoms with van der Waals surface area (Å²) in [7, 11) is 0. The molecule has 7 nitrogen and oxygen atoms in total. The smallest absolute Gasteiger partial charge is 0.341 e. The molecule has 162 valence electrons. The van der Waals surface area contributed by atoms with E-state index in [1.54, 1.807) is 18.3 Å². The largest absolute Gasteiger partial charge is 0.438 e. The molecule has 1 atom stereocenters. The topological polar surface area (TPSA) is 86.1 Å². The first-order chi connectivity index (χ1) is 14.6. The van der Waals surface area contributed by atoms with Crippen molar-refractivity contribution in [1.82, 2.24) is 14.8 Å². The lowest BCUT2D eigenvalue weighted by atomic mass is 10.2. The van der Waals surface area contributed by atoms with Gasteiger partial charge in [-0.05, 0) is 17.7 Å². The van der Waals surface area contributed by atoms with Gasteiger partial charge in [-0.25, -0.2) is 9.48 Å². The summed E-state index contributed by atoms with van der Waals surface area (Å²) in [5.74, 6) is -0.543. The van der Waals surface area contributed by atoms with Crippen LogP contribution in [-0.4, -0.2) is 27.0 Å². The number of anilines is 1. The van der Waals surface area contributed by atoms with Crippen molar-refractivity contribution in [2.75, 3.05) is 5.32 Å². The van der Waals surface area contributed by atoms with Gasteiger partial charge < -0.3 is 10.1 Å². The highest BCUT2D eigenvalue weighted by atomic mass is 35.5. The van der Waals surface area contributed by atoms with Gasteiger partial charge in [0.1, 0.15) is 5.69 Å². The van der Waals surface area contributed by atoms with Gasteiger partial charge in [0.05, 0.1) is 23.3 Å². The Kier molecular flexibility index (Phi) is 9.24. The molecular formula is C22H22Cl2N4O3. The maximum absolute atomic E-state index is 12.8. The molecular weight excluding hydrogens is 439 g/mol. The molecule has 0 bridgehead atoms. The Bertz CT molecular complexity index is 1070. The van der Waals surface area contributed by atoms with E-state index in [1.165, 1.54) is 17.1 Å². The standard InChI is InChI=1S/C22H21ClN4O3.ClH/c1-2-19(30-22(29)17-11-6-12-24-14-17)26-20-18(23)15-25-27(21(20)28)13-7-10-16-8-4-3-5-9-16;/h3-12,14-15,19,26H,2,13H2,1H3;1H. The van der Waals surface area contributed by atoms with Gasteiger partial charge in [-0.15, -0.1) is 12.4 Å². The Morgan fingerprint density at radius 1 is 1.23 bits per heavy atom. The number of benzene rings is 1. The second-order valence-electron chi connectivity index (χ2n) is 6.36. The Labute approximate surface area is 191 Å². The normalized spacial score (nSPS) is 11.5. The van der Waals surface area contributed by atoms with Crippen molar-refractivity contribution in [3.05, 3.63) is 93.6 Å². The SMILES string of the molecule is CCC(Nc1c(Cl)cnn(CC=Cc2ccccc2)c1=O)OC(=O)c1cccnc1.Cl. The fourth-order valence-corrected chi connectivity index (χ4v) is 2.82. The van der Waals surface area contributed by atoms with Gasteiger partial charge in [-0.3, -0.25) is 9.78 Å². The quantitative estimate of drug-likeness (QED) is 0.395. The summed E-state index contributed by atoms with van der Waals surface area (Å²) in [6.07, 6.45) is 7.80.